The molecule has 8 heteroatoms. The van der Waals surface area contributed by atoms with E-state index in [1.54, 1.807) is 18.2 Å². The molecule has 2 aromatic rings. The average Bonchev–Trinajstić information content (AvgIpc) is 2.59. The van der Waals surface area contributed by atoms with Crippen LogP contribution in [0, 0.1) is 0 Å². The lowest BCUT2D eigenvalue weighted by Gasteiger charge is -2.21. The molecule has 0 saturated carbocycles. The smallest absolute Gasteiger partial charge is 0.334 e. The van der Waals surface area contributed by atoms with Crippen LogP contribution in [-0.2, 0) is 19.3 Å². The second-order valence-corrected chi connectivity index (χ2v) is 5.79. The summed E-state index contributed by atoms with van der Waals surface area (Å²) in [6.45, 7) is 0.410. The molecule has 3 N–H and O–H groups in total. The number of carbonyl (C=O) groups is 1. The molecule has 0 unspecified atom stereocenters. The fourth-order valence-corrected chi connectivity index (χ4v) is 2.60. The zero-order valence-electron chi connectivity index (χ0n) is 13.5. The molecule has 5 nitrogen and oxygen atoms in total. The van der Waals surface area contributed by atoms with Crippen LogP contribution in [0.2, 0.25) is 0 Å². The maximum atomic E-state index is 12.5. The van der Waals surface area contributed by atoms with Gasteiger partial charge in [0, 0.05) is 18.3 Å². The van der Waals surface area contributed by atoms with Gasteiger partial charge in [-0.25, -0.2) is 4.79 Å². The number of alkyl halides is 3. The molecule has 0 atom stereocenters. The summed E-state index contributed by atoms with van der Waals surface area (Å²) in [5.74, 6) is 0. The van der Waals surface area contributed by atoms with Gasteiger partial charge in [0.15, 0.2) is 0 Å². The number of hydrogen-bond acceptors (Lipinski definition) is 3. The predicted molar refractivity (Wildman–Crippen MR) is 90.1 cm³/mol. The van der Waals surface area contributed by atoms with Crippen LogP contribution in [0.1, 0.15) is 22.3 Å². The number of nitrogens with zero attached hydrogens (tertiary/aromatic N) is 1. The summed E-state index contributed by atoms with van der Waals surface area (Å²) >= 11 is 0. The second-order valence-electron chi connectivity index (χ2n) is 5.79. The largest absolute Gasteiger partial charge is 0.416 e. The van der Waals surface area contributed by atoms with E-state index in [1.807, 2.05) is 6.07 Å². The van der Waals surface area contributed by atoms with Crippen molar-refractivity contribution < 1.29 is 23.2 Å². The number of rotatable bonds is 3. The third kappa shape index (κ3) is 4.15. The van der Waals surface area contributed by atoms with Crippen molar-refractivity contribution >= 4 is 17.8 Å². The number of anilines is 1. The summed E-state index contributed by atoms with van der Waals surface area (Å²) < 4.78 is 37.6. The maximum absolute atomic E-state index is 12.5. The number of amides is 2. The summed E-state index contributed by atoms with van der Waals surface area (Å²) in [5.41, 5.74) is 2.06. The van der Waals surface area contributed by atoms with E-state index in [4.69, 9.17) is 0 Å². The minimum atomic E-state index is -4.38. The van der Waals surface area contributed by atoms with Crippen LogP contribution in [-0.4, -0.2) is 16.3 Å². The summed E-state index contributed by atoms with van der Waals surface area (Å²) in [4.78, 5) is 12.1. The van der Waals surface area contributed by atoms with Crippen LogP contribution in [0.4, 0.5) is 23.7 Å². The molecule has 0 saturated heterocycles. The van der Waals surface area contributed by atoms with Crippen LogP contribution in [0.15, 0.2) is 48.7 Å². The van der Waals surface area contributed by atoms with Gasteiger partial charge >= 0.3 is 12.2 Å². The molecule has 3 rings (SSSR count). The third-order valence-electron chi connectivity index (χ3n) is 3.92. The summed E-state index contributed by atoms with van der Waals surface area (Å²) in [6, 6.07) is 9.47. The monoisotopic (exact) mass is 363 g/mol. The van der Waals surface area contributed by atoms with Gasteiger partial charge in [-0.2, -0.15) is 13.2 Å². The van der Waals surface area contributed by atoms with Crippen molar-refractivity contribution in [3.63, 3.8) is 0 Å². The first-order valence-corrected chi connectivity index (χ1v) is 7.79. The molecule has 2 amide bonds. The van der Waals surface area contributed by atoms with Crippen molar-refractivity contribution in [3.8, 4) is 0 Å². The van der Waals surface area contributed by atoms with Crippen molar-refractivity contribution in [1.29, 1.82) is 0 Å². The van der Waals surface area contributed by atoms with E-state index < -0.39 is 17.8 Å². The molecule has 0 aromatic heterocycles. The molecular weight excluding hydrogens is 347 g/mol. The minimum absolute atomic E-state index is 0.0965. The fourth-order valence-electron chi connectivity index (χ4n) is 2.60. The Labute approximate surface area is 147 Å². The fraction of sp³-hybridized carbons (Fsp3) is 0.167. The van der Waals surface area contributed by atoms with Crippen LogP contribution >= 0.6 is 0 Å². The molecule has 1 aliphatic rings. The van der Waals surface area contributed by atoms with Gasteiger partial charge in [0.25, 0.3) is 0 Å². The quantitative estimate of drug-likeness (QED) is 0.766. The van der Waals surface area contributed by atoms with Crippen molar-refractivity contribution in [2.75, 3.05) is 5.32 Å². The highest BCUT2D eigenvalue weighted by Gasteiger charge is 2.29. The van der Waals surface area contributed by atoms with Crippen LogP contribution in [0.3, 0.4) is 0 Å². The molecule has 0 spiro atoms. The molecule has 26 heavy (non-hydrogen) atoms. The predicted octanol–water partition coefficient (Wildman–Crippen LogP) is 4.20. The number of hydrogen-bond donors (Lipinski definition) is 3. The highest BCUT2D eigenvalue weighted by molar-refractivity contribution is 5.92. The first-order valence-electron chi connectivity index (χ1n) is 7.79. The molecule has 0 bridgehead atoms. The lowest BCUT2D eigenvalue weighted by molar-refractivity contribution is -0.137. The summed E-state index contributed by atoms with van der Waals surface area (Å²) in [5, 5.41) is 15.8. The van der Waals surface area contributed by atoms with Gasteiger partial charge in [0.2, 0.25) is 0 Å². The van der Waals surface area contributed by atoms with Gasteiger partial charge in [-0.1, -0.05) is 24.3 Å². The Morgan fingerprint density at radius 3 is 2.58 bits per heavy atom. The lowest BCUT2D eigenvalue weighted by atomic mass is 10.0. The molecule has 1 aliphatic heterocycles. The summed E-state index contributed by atoms with van der Waals surface area (Å²) in [7, 11) is 0. The number of hydroxylamine groups is 2. The maximum Gasteiger partial charge on any atom is 0.416 e. The Morgan fingerprint density at radius 2 is 1.88 bits per heavy atom. The number of benzene rings is 2. The Bertz CT molecular complexity index is 833. The van der Waals surface area contributed by atoms with Crippen molar-refractivity contribution in [2.45, 2.75) is 19.3 Å². The van der Waals surface area contributed by atoms with Gasteiger partial charge in [0.1, 0.15) is 0 Å². The molecule has 0 radical (unpaired) electrons. The highest BCUT2D eigenvalue weighted by atomic mass is 19.4. The number of fused-ring (bicyclic) bond motifs is 1. The highest BCUT2D eigenvalue weighted by Crippen LogP contribution is 2.29. The van der Waals surface area contributed by atoms with E-state index in [9.17, 15) is 23.2 Å². The van der Waals surface area contributed by atoms with E-state index in [-0.39, 0.29) is 6.54 Å². The van der Waals surface area contributed by atoms with Crippen LogP contribution in [0.25, 0.3) is 6.08 Å². The molecule has 0 fully saturated rings. The van der Waals surface area contributed by atoms with Gasteiger partial charge in [-0.3, -0.25) is 10.3 Å². The molecule has 2 aromatic carbocycles. The first-order chi connectivity index (χ1) is 12.3. The normalized spacial score (nSPS) is 13.3. The number of halogens is 3. The van der Waals surface area contributed by atoms with Crippen LogP contribution in [0.5, 0.6) is 0 Å². The SMILES string of the molecule is O=C(NCc1ccc(C(F)(F)F)cc1)Nc1cccc2c1C=CN(O)C2. The van der Waals surface area contributed by atoms with Crippen molar-refractivity contribution in [2.24, 2.45) is 0 Å². The van der Waals surface area contributed by atoms with Gasteiger partial charge in [-0.05, 0) is 35.4 Å². The third-order valence-corrected chi connectivity index (χ3v) is 3.92. The number of urea groups is 1. The first kappa shape index (κ1) is 17.8. The Balaban J connectivity index is 1.61. The second kappa shape index (κ2) is 7.09. The molecule has 0 aliphatic carbocycles. The van der Waals surface area contributed by atoms with E-state index in [1.165, 1.54) is 18.3 Å². The van der Waals surface area contributed by atoms with E-state index in [0.717, 1.165) is 28.3 Å². The lowest BCUT2D eigenvalue weighted by Crippen LogP contribution is -2.29. The van der Waals surface area contributed by atoms with Crippen molar-refractivity contribution in [3.05, 3.63) is 70.9 Å². The Kier molecular flexibility index (Phi) is 4.85. The molecular formula is C18H16F3N3O2. The molecule has 1 heterocycles. The topological polar surface area (TPSA) is 64.6 Å². The Hall–Kier alpha value is -3.00. The van der Waals surface area contributed by atoms with E-state index >= 15 is 0 Å². The van der Waals surface area contributed by atoms with Crippen LogP contribution < -0.4 is 10.6 Å². The molecule has 136 valence electrons. The van der Waals surface area contributed by atoms with E-state index in [2.05, 4.69) is 10.6 Å². The van der Waals surface area contributed by atoms with Gasteiger partial charge in [0.05, 0.1) is 17.8 Å². The summed E-state index contributed by atoms with van der Waals surface area (Å²) in [6.07, 6.45) is -1.20. The zero-order chi connectivity index (χ0) is 18.7. The number of nitrogens with one attached hydrogen (secondary N) is 2. The van der Waals surface area contributed by atoms with Gasteiger partial charge in [-0.15, -0.1) is 0 Å². The van der Waals surface area contributed by atoms with E-state index in [0.29, 0.717) is 17.8 Å². The Morgan fingerprint density at radius 1 is 1.15 bits per heavy atom. The minimum Gasteiger partial charge on any atom is -0.334 e. The van der Waals surface area contributed by atoms with Gasteiger partial charge < -0.3 is 10.6 Å². The van der Waals surface area contributed by atoms with Crippen molar-refractivity contribution in [1.82, 2.24) is 10.4 Å². The zero-order valence-corrected chi connectivity index (χ0v) is 13.5. The number of carbonyl (C=O) groups excluding carboxylic acids is 1. The standard InChI is InChI=1S/C18H16F3N3O2/c19-18(20,21)14-6-4-12(5-7-14)10-22-17(25)23-16-3-1-2-13-11-24(26)9-8-15(13)16/h1-9,26H,10-11H2,(H2,22,23,25). The average molecular weight is 363 g/mol.